The van der Waals surface area contributed by atoms with Gasteiger partial charge in [-0.25, -0.2) is 0 Å². The van der Waals surface area contributed by atoms with E-state index < -0.39 is 0 Å². The van der Waals surface area contributed by atoms with E-state index in [9.17, 15) is 0 Å². The van der Waals surface area contributed by atoms with Gasteiger partial charge in [0.25, 0.3) is 0 Å². The normalized spacial score (nSPS) is 8.82. The fourth-order valence-corrected chi connectivity index (χ4v) is 0.930. The molecule has 0 atom stereocenters. The van der Waals surface area contributed by atoms with Crippen molar-refractivity contribution in [2.45, 2.75) is 26.2 Å². The number of hydrogen-bond acceptors (Lipinski definition) is 1. The lowest BCUT2D eigenvalue weighted by Crippen LogP contribution is -1.83. The Bertz CT molecular complexity index is 174. The number of aryl methyl sites for hydroxylation is 1. The van der Waals surface area contributed by atoms with Crippen LogP contribution in [0.25, 0.3) is 0 Å². The van der Waals surface area contributed by atoms with E-state index in [-0.39, 0.29) is 17.0 Å². The van der Waals surface area contributed by atoms with Gasteiger partial charge in [0.1, 0.15) is 0 Å². The lowest BCUT2D eigenvalue weighted by Gasteiger charge is -1.95. The maximum atomic E-state index is 3.95. The van der Waals surface area contributed by atoms with Gasteiger partial charge in [-0.15, -0.1) is 17.0 Å². The Morgan fingerprint density at radius 2 is 1.91 bits per heavy atom. The number of unbranched alkanes of at least 4 members (excludes halogenated alkanes) is 1. The van der Waals surface area contributed by atoms with Gasteiger partial charge < -0.3 is 0 Å². The van der Waals surface area contributed by atoms with Gasteiger partial charge in [-0.1, -0.05) is 13.3 Å². The van der Waals surface area contributed by atoms with Crippen molar-refractivity contribution in [2.24, 2.45) is 0 Å². The molecule has 0 spiro atoms. The highest BCUT2D eigenvalue weighted by Gasteiger charge is 1.87. The van der Waals surface area contributed by atoms with Gasteiger partial charge in [-0.05, 0) is 30.5 Å². The number of halogens is 1. The van der Waals surface area contributed by atoms with E-state index in [0.29, 0.717) is 0 Å². The van der Waals surface area contributed by atoms with Gasteiger partial charge in [0.2, 0.25) is 0 Å². The molecular formula is C9H14BrN. The van der Waals surface area contributed by atoms with Crippen molar-refractivity contribution in [2.75, 3.05) is 0 Å². The Balaban J connectivity index is 0.000001000. The van der Waals surface area contributed by atoms with Crippen molar-refractivity contribution >= 4 is 17.0 Å². The van der Waals surface area contributed by atoms with Crippen LogP contribution in [0.1, 0.15) is 25.3 Å². The summed E-state index contributed by atoms with van der Waals surface area (Å²) in [7, 11) is 0. The topological polar surface area (TPSA) is 12.9 Å². The summed E-state index contributed by atoms with van der Waals surface area (Å²) in [5.74, 6) is 0. The Kier molecular flexibility index (Phi) is 6.13. The molecule has 1 nitrogen and oxygen atoms in total. The summed E-state index contributed by atoms with van der Waals surface area (Å²) < 4.78 is 0. The number of rotatable bonds is 3. The zero-order chi connectivity index (χ0) is 7.23. The van der Waals surface area contributed by atoms with E-state index >= 15 is 0 Å². The van der Waals surface area contributed by atoms with Gasteiger partial charge in [0.15, 0.2) is 0 Å². The first-order valence-corrected chi connectivity index (χ1v) is 3.82. The number of hydrogen-bond donors (Lipinski definition) is 0. The van der Waals surface area contributed by atoms with Crippen molar-refractivity contribution in [3.8, 4) is 0 Å². The molecular weight excluding hydrogens is 202 g/mol. The maximum absolute atomic E-state index is 3.95. The SMILES string of the molecule is Br.CCCCc1ccncc1. The molecule has 2 heteroatoms. The molecule has 0 unspecified atom stereocenters. The minimum atomic E-state index is 0. The van der Waals surface area contributed by atoms with E-state index in [0.717, 1.165) is 0 Å². The highest BCUT2D eigenvalue weighted by molar-refractivity contribution is 8.93. The zero-order valence-corrected chi connectivity index (χ0v) is 8.50. The lowest BCUT2D eigenvalue weighted by molar-refractivity contribution is 0.794. The summed E-state index contributed by atoms with van der Waals surface area (Å²) in [5.41, 5.74) is 1.40. The Morgan fingerprint density at radius 1 is 1.27 bits per heavy atom. The predicted octanol–water partition coefficient (Wildman–Crippen LogP) is 3.00. The molecule has 0 bridgehead atoms. The van der Waals surface area contributed by atoms with Crippen LogP contribution in [0.3, 0.4) is 0 Å². The molecule has 0 fully saturated rings. The fraction of sp³-hybridized carbons (Fsp3) is 0.444. The predicted molar refractivity (Wildman–Crippen MR) is 53.2 cm³/mol. The molecule has 1 aromatic rings. The van der Waals surface area contributed by atoms with Crippen molar-refractivity contribution in [1.82, 2.24) is 4.98 Å². The van der Waals surface area contributed by atoms with Crippen molar-refractivity contribution < 1.29 is 0 Å². The Morgan fingerprint density at radius 3 is 2.45 bits per heavy atom. The zero-order valence-electron chi connectivity index (χ0n) is 6.79. The molecule has 1 heterocycles. The lowest BCUT2D eigenvalue weighted by atomic mass is 10.1. The summed E-state index contributed by atoms with van der Waals surface area (Å²) in [6, 6.07) is 4.16. The standard InChI is InChI=1S/C9H13N.BrH/c1-2-3-4-9-5-7-10-8-6-9;/h5-8H,2-4H2,1H3;1H. The average molecular weight is 216 g/mol. The highest BCUT2D eigenvalue weighted by Crippen LogP contribution is 2.01. The van der Waals surface area contributed by atoms with E-state index in [1.54, 1.807) is 0 Å². The third kappa shape index (κ3) is 4.14. The largest absolute Gasteiger partial charge is 0.265 e. The van der Waals surface area contributed by atoms with Crippen LogP contribution in [0.4, 0.5) is 0 Å². The summed E-state index contributed by atoms with van der Waals surface area (Å²) in [6.07, 6.45) is 7.45. The smallest absolute Gasteiger partial charge is 0.0270 e. The molecule has 0 saturated carbocycles. The second kappa shape index (κ2) is 6.35. The molecule has 0 aliphatic rings. The minimum Gasteiger partial charge on any atom is -0.265 e. The van der Waals surface area contributed by atoms with Gasteiger partial charge in [0.05, 0.1) is 0 Å². The molecule has 0 N–H and O–H groups in total. The first-order chi connectivity index (χ1) is 4.93. The van der Waals surface area contributed by atoms with Crippen molar-refractivity contribution in [1.29, 1.82) is 0 Å². The number of nitrogens with zero attached hydrogens (tertiary/aromatic N) is 1. The minimum absolute atomic E-state index is 0. The third-order valence-electron chi connectivity index (χ3n) is 1.57. The monoisotopic (exact) mass is 215 g/mol. The van der Waals surface area contributed by atoms with Crippen LogP contribution >= 0.6 is 17.0 Å². The van der Waals surface area contributed by atoms with Gasteiger partial charge in [-0.3, -0.25) is 4.98 Å². The second-order valence-electron chi connectivity index (χ2n) is 2.46. The average Bonchev–Trinajstić information content (AvgIpc) is 2.03. The molecule has 0 aliphatic heterocycles. The van der Waals surface area contributed by atoms with E-state index in [4.69, 9.17) is 0 Å². The van der Waals surface area contributed by atoms with Crippen molar-refractivity contribution in [3.05, 3.63) is 30.1 Å². The summed E-state index contributed by atoms with van der Waals surface area (Å²) in [4.78, 5) is 3.95. The van der Waals surface area contributed by atoms with Gasteiger partial charge in [0, 0.05) is 12.4 Å². The second-order valence-corrected chi connectivity index (χ2v) is 2.46. The molecule has 1 aromatic heterocycles. The molecule has 0 radical (unpaired) electrons. The van der Waals surface area contributed by atoms with Crippen LogP contribution in [0, 0.1) is 0 Å². The number of aromatic nitrogens is 1. The summed E-state index contributed by atoms with van der Waals surface area (Å²) in [6.45, 7) is 2.21. The number of pyridine rings is 1. The van der Waals surface area contributed by atoms with E-state index in [1.807, 2.05) is 12.4 Å². The molecule has 0 saturated heterocycles. The molecule has 0 aromatic carbocycles. The first-order valence-electron chi connectivity index (χ1n) is 3.82. The molecule has 0 amide bonds. The van der Waals surface area contributed by atoms with Gasteiger partial charge >= 0.3 is 0 Å². The van der Waals surface area contributed by atoms with Crippen LogP contribution in [0.2, 0.25) is 0 Å². The molecule has 1 rings (SSSR count). The summed E-state index contributed by atoms with van der Waals surface area (Å²) in [5, 5.41) is 0. The van der Waals surface area contributed by atoms with Crippen molar-refractivity contribution in [3.63, 3.8) is 0 Å². The van der Waals surface area contributed by atoms with E-state index in [2.05, 4.69) is 24.0 Å². The highest BCUT2D eigenvalue weighted by atomic mass is 79.9. The Labute approximate surface area is 78.6 Å². The van der Waals surface area contributed by atoms with E-state index in [1.165, 1.54) is 24.8 Å². The molecule has 11 heavy (non-hydrogen) atoms. The van der Waals surface area contributed by atoms with Crippen LogP contribution in [-0.2, 0) is 6.42 Å². The molecule has 62 valence electrons. The quantitative estimate of drug-likeness (QED) is 0.756. The van der Waals surface area contributed by atoms with Crippen LogP contribution in [-0.4, -0.2) is 4.98 Å². The van der Waals surface area contributed by atoms with Crippen LogP contribution in [0.5, 0.6) is 0 Å². The fourth-order valence-electron chi connectivity index (χ4n) is 0.930. The van der Waals surface area contributed by atoms with Crippen LogP contribution in [0.15, 0.2) is 24.5 Å². The first kappa shape index (κ1) is 10.6. The van der Waals surface area contributed by atoms with Crippen LogP contribution < -0.4 is 0 Å². The Hall–Kier alpha value is -0.370. The maximum Gasteiger partial charge on any atom is 0.0270 e. The summed E-state index contributed by atoms with van der Waals surface area (Å²) >= 11 is 0. The van der Waals surface area contributed by atoms with Gasteiger partial charge in [-0.2, -0.15) is 0 Å². The molecule has 0 aliphatic carbocycles. The third-order valence-corrected chi connectivity index (χ3v) is 1.57.